The lowest BCUT2D eigenvalue weighted by molar-refractivity contribution is -0.143. The number of pyridine rings is 1. The van der Waals surface area contributed by atoms with Crippen molar-refractivity contribution in [2.75, 3.05) is 32.8 Å². The summed E-state index contributed by atoms with van der Waals surface area (Å²) in [5.41, 5.74) is 0.950. The Morgan fingerprint density at radius 1 is 1.41 bits per heavy atom. The highest BCUT2D eigenvalue weighted by atomic mass is 127. The predicted molar refractivity (Wildman–Crippen MR) is 110 cm³/mol. The van der Waals surface area contributed by atoms with Crippen LogP contribution in [0.15, 0.2) is 23.3 Å². The average Bonchev–Trinajstić information content (AvgIpc) is 2.98. The van der Waals surface area contributed by atoms with Gasteiger partial charge in [-0.15, -0.1) is 24.0 Å². The Morgan fingerprint density at radius 3 is 2.85 bits per heavy atom. The van der Waals surface area contributed by atoms with E-state index in [9.17, 15) is 13.2 Å². The molecule has 1 fully saturated rings. The van der Waals surface area contributed by atoms with E-state index in [4.69, 9.17) is 4.74 Å². The Bertz CT molecular complexity index is 600. The maximum absolute atomic E-state index is 12.5. The van der Waals surface area contributed by atoms with E-state index in [0.29, 0.717) is 51.0 Å². The molecule has 0 aromatic carbocycles. The van der Waals surface area contributed by atoms with Crippen molar-refractivity contribution in [3.63, 3.8) is 0 Å². The van der Waals surface area contributed by atoms with E-state index in [1.54, 1.807) is 6.20 Å². The van der Waals surface area contributed by atoms with E-state index >= 15 is 0 Å². The molecule has 2 N–H and O–H groups in total. The Kier molecular flexibility index (Phi) is 10.1. The summed E-state index contributed by atoms with van der Waals surface area (Å²) >= 11 is 0. The van der Waals surface area contributed by atoms with Crippen molar-refractivity contribution < 1.29 is 17.9 Å². The molecule has 0 amide bonds. The number of hydrogen-bond donors (Lipinski definition) is 2. The number of guanidine groups is 1. The molecular weight excluding hydrogens is 474 g/mol. The number of likely N-dealkylation sites (tertiary alicyclic amines) is 1. The second-order valence-corrected chi connectivity index (χ2v) is 6.11. The first-order chi connectivity index (χ1) is 12.4. The van der Waals surface area contributed by atoms with Crippen LogP contribution in [-0.2, 0) is 6.54 Å². The van der Waals surface area contributed by atoms with Gasteiger partial charge in [0.15, 0.2) is 5.96 Å². The zero-order valence-corrected chi connectivity index (χ0v) is 17.9. The van der Waals surface area contributed by atoms with E-state index in [1.165, 1.54) is 4.90 Å². The van der Waals surface area contributed by atoms with E-state index in [-0.39, 0.29) is 30.0 Å². The summed E-state index contributed by atoms with van der Waals surface area (Å²) in [6.45, 7) is 5.40. The first-order valence-corrected chi connectivity index (χ1v) is 8.81. The average molecular weight is 501 g/mol. The fourth-order valence-corrected chi connectivity index (χ4v) is 2.81. The van der Waals surface area contributed by atoms with E-state index in [2.05, 4.69) is 20.6 Å². The molecule has 0 bridgehead atoms. The monoisotopic (exact) mass is 501 g/mol. The smallest absolute Gasteiger partial charge is 0.401 e. The number of hydrogen-bond acceptors (Lipinski definition) is 4. The number of aliphatic imine (C=N–C) groups is 1. The van der Waals surface area contributed by atoms with Crippen molar-refractivity contribution in [2.24, 2.45) is 4.99 Å². The van der Waals surface area contributed by atoms with Crippen molar-refractivity contribution in [3.8, 4) is 5.88 Å². The number of ether oxygens (including phenoxy) is 1. The van der Waals surface area contributed by atoms with Gasteiger partial charge in [0.25, 0.3) is 0 Å². The molecule has 1 atom stereocenters. The van der Waals surface area contributed by atoms with E-state index in [0.717, 1.165) is 5.56 Å². The van der Waals surface area contributed by atoms with E-state index in [1.807, 2.05) is 26.0 Å². The molecule has 1 aromatic rings. The zero-order chi connectivity index (χ0) is 19.0. The standard InChI is InChI=1S/C17H26F3N5O.HI/c1-3-21-16(23-10-13-5-7-22-15(9-13)26-4-2)24-14-6-8-25(11-14)12-17(18,19)20;/h5,7,9,14H,3-4,6,8,10-12H2,1-2H3,(H2,21,23,24);1H. The minimum absolute atomic E-state index is 0. The largest absolute Gasteiger partial charge is 0.478 e. The van der Waals surface area contributed by atoms with Crippen molar-refractivity contribution in [1.82, 2.24) is 20.5 Å². The summed E-state index contributed by atoms with van der Waals surface area (Å²) in [4.78, 5) is 10.0. The van der Waals surface area contributed by atoms with Gasteiger partial charge in [0.2, 0.25) is 5.88 Å². The van der Waals surface area contributed by atoms with Crippen LogP contribution in [0.25, 0.3) is 0 Å². The number of aromatic nitrogens is 1. The van der Waals surface area contributed by atoms with Crippen LogP contribution in [0.3, 0.4) is 0 Å². The topological polar surface area (TPSA) is 61.8 Å². The molecule has 0 radical (unpaired) electrons. The van der Waals surface area contributed by atoms with Crippen LogP contribution < -0.4 is 15.4 Å². The number of rotatable bonds is 7. The van der Waals surface area contributed by atoms with Crippen LogP contribution in [0.1, 0.15) is 25.8 Å². The van der Waals surface area contributed by atoms with Gasteiger partial charge < -0.3 is 15.4 Å². The summed E-state index contributed by atoms with van der Waals surface area (Å²) in [5, 5.41) is 6.36. The molecule has 2 heterocycles. The molecular formula is C17H27F3IN5O. The molecule has 0 saturated carbocycles. The van der Waals surface area contributed by atoms with Gasteiger partial charge in [0.1, 0.15) is 0 Å². The van der Waals surface area contributed by atoms with Crippen molar-refractivity contribution in [1.29, 1.82) is 0 Å². The van der Waals surface area contributed by atoms with Crippen molar-refractivity contribution in [3.05, 3.63) is 23.9 Å². The first-order valence-electron chi connectivity index (χ1n) is 8.81. The maximum Gasteiger partial charge on any atom is 0.401 e. The van der Waals surface area contributed by atoms with Crippen molar-refractivity contribution in [2.45, 2.75) is 39.0 Å². The lowest BCUT2D eigenvalue weighted by atomic mass is 10.2. The molecule has 27 heavy (non-hydrogen) atoms. The Hall–Kier alpha value is -1.30. The lowest BCUT2D eigenvalue weighted by Crippen LogP contribution is -2.45. The van der Waals surface area contributed by atoms with Crippen LogP contribution in [0.4, 0.5) is 13.2 Å². The number of alkyl halides is 3. The van der Waals surface area contributed by atoms with Gasteiger partial charge in [0.05, 0.1) is 19.7 Å². The number of nitrogens with one attached hydrogen (secondary N) is 2. The third-order valence-electron chi connectivity index (χ3n) is 3.87. The third-order valence-corrected chi connectivity index (χ3v) is 3.87. The summed E-state index contributed by atoms with van der Waals surface area (Å²) in [6.07, 6.45) is -1.83. The molecule has 1 aliphatic heterocycles. The molecule has 1 aromatic heterocycles. The van der Waals surface area contributed by atoms with Crippen LogP contribution in [-0.4, -0.2) is 60.8 Å². The molecule has 10 heteroatoms. The van der Waals surface area contributed by atoms with Crippen LogP contribution in [0.5, 0.6) is 5.88 Å². The van der Waals surface area contributed by atoms with E-state index < -0.39 is 12.7 Å². The molecule has 6 nitrogen and oxygen atoms in total. The van der Waals surface area contributed by atoms with Gasteiger partial charge in [-0.3, -0.25) is 4.90 Å². The second kappa shape index (κ2) is 11.5. The Morgan fingerprint density at radius 2 is 2.19 bits per heavy atom. The second-order valence-electron chi connectivity index (χ2n) is 6.11. The minimum atomic E-state index is -4.16. The quantitative estimate of drug-likeness (QED) is 0.342. The molecule has 1 aliphatic rings. The number of nitrogens with zero attached hydrogens (tertiary/aromatic N) is 3. The van der Waals surface area contributed by atoms with Crippen LogP contribution in [0.2, 0.25) is 0 Å². The molecule has 0 spiro atoms. The summed E-state index contributed by atoms with van der Waals surface area (Å²) in [6, 6.07) is 3.64. The Balaban J connectivity index is 0.00000364. The highest BCUT2D eigenvalue weighted by molar-refractivity contribution is 14.0. The minimum Gasteiger partial charge on any atom is -0.478 e. The summed E-state index contributed by atoms with van der Waals surface area (Å²) in [5.74, 6) is 1.15. The summed E-state index contributed by atoms with van der Waals surface area (Å²) in [7, 11) is 0. The van der Waals surface area contributed by atoms with Gasteiger partial charge in [0, 0.05) is 37.9 Å². The maximum atomic E-state index is 12.5. The highest BCUT2D eigenvalue weighted by Gasteiger charge is 2.34. The van der Waals surface area contributed by atoms with Crippen molar-refractivity contribution >= 4 is 29.9 Å². The van der Waals surface area contributed by atoms with Crippen LogP contribution in [0, 0.1) is 0 Å². The van der Waals surface area contributed by atoms with Crippen LogP contribution >= 0.6 is 24.0 Å². The highest BCUT2D eigenvalue weighted by Crippen LogP contribution is 2.20. The van der Waals surface area contributed by atoms with Gasteiger partial charge in [-0.05, 0) is 31.9 Å². The predicted octanol–water partition coefficient (Wildman–Crippen LogP) is 2.79. The normalized spacial score (nSPS) is 18.1. The fraction of sp³-hybridized carbons (Fsp3) is 0.647. The fourth-order valence-electron chi connectivity index (χ4n) is 2.81. The van der Waals surface area contributed by atoms with Gasteiger partial charge in [-0.1, -0.05) is 0 Å². The molecule has 0 aliphatic carbocycles. The number of halogens is 4. The lowest BCUT2D eigenvalue weighted by Gasteiger charge is -2.19. The third kappa shape index (κ3) is 8.96. The Labute approximate surface area is 175 Å². The molecule has 1 unspecified atom stereocenters. The zero-order valence-electron chi connectivity index (χ0n) is 15.6. The van der Waals surface area contributed by atoms with Gasteiger partial charge >= 0.3 is 6.18 Å². The van der Waals surface area contributed by atoms with Gasteiger partial charge in [-0.2, -0.15) is 13.2 Å². The molecule has 154 valence electrons. The molecule has 2 rings (SSSR count). The first kappa shape index (κ1) is 23.7. The summed E-state index contributed by atoms with van der Waals surface area (Å²) < 4.78 is 42.9. The SMILES string of the molecule is CCNC(=NCc1ccnc(OCC)c1)NC1CCN(CC(F)(F)F)C1.I. The van der Waals surface area contributed by atoms with Gasteiger partial charge in [-0.25, -0.2) is 9.98 Å². The molecule has 1 saturated heterocycles.